The van der Waals surface area contributed by atoms with Crippen molar-refractivity contribution < 1.29 is 15.8 Å². The van der Waals surface area contributed by atoms with Gasteiger partial charge in [0.05, 0.1) is 6.54 Å². The molecular weight excluding hydrogens is 212 g/mol. The summed E-state index contributed by atoms with van der Waals surface area (Å²) in [6, 6.07) is 5.38. The fourth-order valence-electron chi connectivity index (χ4n) is 1.50. The fraction of sp³-hybridized carbons (Fsp3) is 0.500. The predicted molar refractivity (Wildman–Crippen MR) is 72.3 cm³/mol. The maximum absolute atomic E-state index is 12.3. The Bertz CT molecular complexity index is 604. The number of aryl methyl sites for hydroxylation is 2. The molecule has 1 N–H and O–H groups in total. The second kappa shape index (κ2) is 6.40. The zero-order valence-electron chi connectivity index (χ0n) is 18.0. The first kappa shape index (κ1) is 6.01. The lowest BCUT2D eigenvalue weighted by molar-refractivity contribution is -0.117. The third-order valence-corrected chi connectivity index (χ3v) is 2.43. The minimum absolute atomic E-state index is 0.538. The molecule has 0 heterocycles. The van der Waals surface area contributed by atoms with Crippen LogP contribution in [0.2, 0.25) is 0 Å². The fourth-order valence-corrected chi connectivity index (χ4v) is 1.50. The lowest BCUT2D eigenvalue weighted by atomic mass is 10.1. The van der Waals surface area contributed by atoms with Crippen molar-refractivity contribution in [3.63, 3.8) is 0 Å². The number of carbonyl (C=O) groups excluding carboxylic acids is 1. The average Bonchev–Trinajstić information content (AvgIpc) is 2.39. The van der Waals surface area contributed by atoms with Gasteiger partial charge in [0.25, 0.3) is 0 Å². The van der Waals surface area contributed by atoms with E-state index in [2.05, 4.69) is 5.32 Å². The SMILES string of the molecule is [2H]C([2H])([2H])CN(CC(=O)Nc1c(C)cccc1C)C([2H])([2H])C([2H])([2H])[2H]. The van der Waals surface area contributed by atoms with E-state index in [0.717, 1.165) is 11.1 Å². The van der Waals surface area contributed by atoms with E-state index in [4.69, 9.17) is 11.0 Å². The van der Waals surface area contributed by atoms with Gasteiger partial charge in [-0.3, -0.25) is 9.69 Å². The standard InChI is InChI=1S/C14H22N2O/c1-5-16(6-2)10-13(17)15-14-11(3)8-7-9-12(14)4/h7-9H,5-6,10H2,1-4H3,(H,15,17)/i1D3,2D3,5D2. The summed E-state index contributed by atoms with van der Waals surface area (Å²) in [5, 5.41) is 2.60. The zero-order valence-corrected chi connectivity index (χ0v) is 10.0. The minimum Gasteiger partial charge on any atom is -0.324 e. The van der Waals surface area contributed by atoms with Crippen LogP contribution in [0.25, 0.3) is 0 Å². The van der Waals surface area contributed by atoms with Crippen LogP contribution >= 0.6 is 0 Å². The largest absolute Gasteiger partial charge is 0.324 e. The third-order valence-electron chi connectivity index (χ3n) is 2.43. The summed E-state index contributed by atoms with van der Waals surface area (Å²) in [5.41, 5.74) is 2.11. The molecule has 94 valence electrons. The molecule has 0 aliphatic carbocycles. The number of hydrogen-bond acceptors (Lipinski definition) is 2. The zero-order chi connectivity index (χ0) is 19.6. The van der Waals surface area contributed by atoms with Crippen LogP contribution in [0.4, 0.5) is 5.69 Å². The lowest BCUT2D eigenvalue weighted by Crippen LogP contribution is -2.33. The van der Waals surface area contributed by atoms with Crippen molar-refractivity contribution in [2.45, 2.75) is 27.6 Å². The van der Waals surface area contributed by atoms with Crippen molar-refractivity contribution in [2.75, 3.05) is 24.9 Å². The molecule has 0 bridgehead atoms. The maximum Gasteiger partial charge on any atom is 0.238 e. The Hall–Kier alpha value is -1.35. The second-order valence-electron chi connectivity index (χ2n) is 3.78. The first-order valence-electron chi connectivity index (χ1n) is 9.26. The average molecular weight is 242 g/mol. The first-order chi connectivity index (χ1) is 11.1. The van der Waals surface area contributed by atoms with Crippen molar-refractivity contribution >= 4 is 11.6 Å². The Morgan fingerprint density at radius 1 is 1.41 bits per heavy atom. The van der Waals surface area contributed by atoms with Crippen LogP contribution in [0.15, 0.2) is 18.2 Å². The van der Waals surface area contributed by atoms with E-state index in [1.807, 2.05) is 6.07 Å². The second-order valence-corrected chi connectivity index (χ2v) is 3.78. The molecule has 1 amide bonds. The molecule has 1 aromatic carbocycles. The number of anilines is 1. The van der Waals surface area contributed by atoms with Gasteiger partial charge in [-0.2, -0.15) is 0 Å². The smallest absolute Gasteiger partial charge is 0.238 e. The Labute approximate surface area is 115 Å². The van der Waals surface area contributed by atoms with Gasteiger partial charge in [0, 0.05) is 16.7 Å². The van der Waals surface area contributed by atoms with Crippen LogP contribution in [0.1, 0.15) is 35.8 Å². The number of likely N-dealkylation sites (N-methyl/N-ethyl adjacent to an activating group) is 1. The van der Waals surface area contributed by atoms with Gasteiger partial charge in [-0.05, 0) is 38.0 Å². The Kier molecular flexibility index (Phi) is 2.26. The van der Waals surface area contributed by atoms with Crippen molar-refractivity contribution in [1.29, 1.82) is 0 Å². The van der Waals surface area contributed by atoms with E-state index in [-0.39, 0.29) is 0 Å². The number of rotatable bonds is 5. The van der Waals surface area contributed by atoms with Gasteiger partial charge < -0.3 is 5.32 Å². The molecule has 0 atom stereocenters. The summed E-state index contributed by atoms with van der Waals surface area (Å²) in [6.45, 7) is -6.67. The molecule has 3 heteroatoms. The Morgan fingerprint density at radius 3 is 2.71 bits per heavy atom. The lowest BCUT2D eigenvalue weighted by Gasteiger charge is -2.18. The van der Waals surface area contributed by atoms with E-state index in [1.54, 1.807) is 26.0 Å². The van der Waals surface area contributed by atoms with E-state index < -0.39 is 39.2 Å². The quantitative estimate of drug-likeness (QED) is 0.860. The highest BCUT2D eigenvalue weighted by molar-refractivity contribution is 5.93. The van der Waals surface area contributed by atoms with Crippen LogP contribution in [0, 0.1) is 13.8 Å². The van der Waals surface area contributed by atoms with Crippen LogP contribution in [0.5, 0.6) is 0 Å². The molecule has 0 unspecified atom stereocenters. The normalized spacial score (nSPS) is 19.9. The molecule has 0 fully saturated rings. The van der Waals surface area contributed by atoms with Crippen molar-refractivity contribution in [1.82, 2.24) is 4.90 Å². The number of benzene rings is 1. The molecule has 0 saturated heterocycles. The Balaban J connectivity index is 3.03. The van der Waals surface area contributed by atoms with E-state index in [9.17, 15) is 4.79 Å². The van der Waals surface area contributed by atoms with E-state index in [1.165, 1.54) is 0 Å². The van der Waals surface area contributed by atoms with Crippen LogP contribution < -0.4 is 5.32 Å². The number of amides is 1. The van der Waals surface area contributed by atoms with Crippen molar-refractivity contribution in [3.8, 4) is 0 Å². The summed E-state index contributed by atoms with van der Waals surface area (Å²) in [4.78, 5) is 12.8. The molecule has 0 aliphatic heterocycles. The van der Waals surface area contributed by atoms with Gasteiger partial charge in [0.2, 0.25) is 5.91 Å². The van der Waals surface area contributed by atoms with Crippen molar-refractivity contribution in [3.05, 3.63) is 29.3 Å². The summed E-state index contributed by atoms with van der Waals surface area (Å²) >= 11 is 0. The van der Waals surface area contributed by atoms with E-state index >= 15 is 0 Å². The van der Waals surface area contributed by atoms with Gasteiger partial charge in [0.1, 0.15) is 0 Å². The Morgan fingerprint density at radius 2 is 2.12 bits per heavy atom. The van der Waals surface area contributed by atoms with Crippen LogP contribution in [-0.2, 0) is 4.79 Å². The van der Waals surface area contributed by atoms with Gasteiger partial charge >= 0.3 is 0 Å². The van der Waals surface area contributed by atoms with Gasteiger partial charge in [-0.25, -0.2) is 0 Å². The summed E-state index contributed by atoms with van der Waals surface area (Å²) in [5.74, 6) is -0.685. The molecule has 0 saturated carbocycles. The molecule has 0 radical (unpaired) electrons. The van der Waals surface area contributed by atoms with Crippen molar-refractivity contribution in [2.24, 2.45) is 0 Å². The molecule has 0 aliphatic rings. The molecule has 1 rings (SSSR count). The summed E-state index contributed by atoms with van der Waals surface area (Å²) < 4.78 is 59.3. The highest BCUT2D eigenvalue weighted by Gasteiger charge is 2.09. The first-order valence-corrected chi connectivity index (χ1v) is 5.26. The highest BCUT2D eigenvalue weighted by Crippen LogP contribution is 2.19. The summed E-state index contributed by atoms with van der Waals surface area (Å²) in [7, 11) is 0. The van der Waals surface area contributed by atoms with Crippen LogP contribution in [-0.4, -0.2) is 30.4 Å². The molecule has 0 spiro atoms. The number of para-hydroxylation sites is 1. The number of carbonyl (C=O) groups is 1. The highest BCUT2D eigenvalue weighted by atomic mass is 16.2. The predicted octanol–water partition coefficient (Wildman–Crippen LogP) is 2.58. The molecule has 1 aromatic rings. The number of nitrogens with zero attached hydrogens (tertiary/aromatic N) is 1. The third kappa shape index (κ3) is 3.86. The van der Waals surface area contributed by atoms with E-state index in [0.29, 0.717) is 10.6 Å². The van der Waals surface area contributed by atoms with Gasteiger partial charge in [-0.1, -0.05) is 31.9 Å². The monoisotopic (exact) mass is 242 g/mol. The van der Waals surface area contributed by atoms with Crippen LogP contribution in [0.3, 0.4) is 0 Å². The maximum atomic E-state index is 12.3. The summed E-state index contributed by atoms with van der Waals surface area (Å²) in [6.07, 6.45) is 0. The molecular formula is C14H22N2O. The van der Waals surface area contributed by atoms with Gasteiger partial charge in [-0.15, -0.1) is 0 Å². The minimum atomic E-state index is -3.10. The number of nitrogens with one attached hydrogen (secondary N) is 1. The molecule has 17 heavy (non-hydrogen) atoms. The molecule has 0 aromatic heterocycles. The number of hydrogen-bond donors (Lipinski definition) is 1. The molecule has 3 nitrogen and oxygen atoms in total. The van der Waals surface area contributed by atoms with Gasteiger partial charge in [0.15, 0.2) is 0 Å². The topological polar surface area (TPSA) is 32.3 Å².